The molecule has 1 aromatic rings. The Bertz CT molecular complexity index is 629. The highest BCUT2D eigenvalue weighted by molar-refractivity contribution is 6.31. The smallest absolute Gasteiger partial charge is 0.283 e. The number of amides is 2. The van der Waals surface area contributed by atoms with E-state index in [2.05, 4.69) is 5.32 Å². The molecule has 0 radical (unpaired) electrons. The quantitative estimate of drug-likeness (QED) is 0.644. The summed E-state index contributed by atoms with van der Waals surface area (Å²) in [6.45, 7) is 2.19. The van der Waals surface area contributed by atoms with Crippen molar-refractivity contribution >= 4 is 29.1 Å². The average molecular weight is 341 g/mol. The fourth-order valence-electron chi connectivity index (χ4n) is 2.40. The number of carbonyl (C=O) groups excluding carboxylic acids is 2. The largest absolute Gasteiger partial charge is 0.358 e. The molecule has 23 heavy (non-hydrogen) atoms. The van der Waals surface area contributed by atoms with E-state index >= 15 is 0 Å². The molecule has 1 aliphatic rings. The molecule has 0 aromatic heterocycles. The average Bonchev–Trinajstić information content (AvgIpc) is 2.54. The Labute approximate surface area is 138 Å². The Hall–Kier alpha value is -2.19. The van der Waals surface area contributed by atoms with Crippen molar-refractivity contribution in [1.82, 2.24) is 15.1 Å². The van der Waals surface area contributed by atoms with Crippen molar-refractivity contribution in [2.75, 3.05) is 39.8 Å². The van der Waals surface area contributed by atoms with E-state index in [9.17, 15) is 19.7 Å². The van der Waals surface area contributed by atoms with Gasteiger partial charge in [-0.25, -0.2) is 0 Å². The van der Waals surface area contributed by atoms with Crippen molar-refractivity contribution in [2.24, 2.45) is 0 Å². The maximum atomic E-state index is 12.5. The summed E-state index contributed by atoms with van der Waals surface area (Å²) in [4.78, 5) is 37.8. The fraction of sp³-hybridized carbons (Fsp3) is 0.429. The minimum atomic E-state index is -0.610. The number of nitrogens with one attached hydrogen (secondary N) is 1. The lowest BCUT2D eigenvalue weighted by Crippen LogP contribution is -2.50. The summed E-state index contributed by atoms with van der Waals surface area (Å²) >= 11 is 5.76. The molecule has 0 saturated carbocycles. The van der Waals surface area contributed by atoms with Crippen LogP contribution in [0.25, 0.3) is 0 Å². The normalized spacial score (nSPS) is 15.3. The number of carbonyl (C=O) groups is 2. The number of nitro groups is 1. The second-order valence-corrected chi connectivity index (χ2v) is 5.60. The third-order valence-electron chi connectivity index (χ3n) is 3.69. The molecule has 1 N–H and O–H groups in total. The number of nitrogens with zero attached hydrogens (tertiary/aromatic N) is 3. The zero-order valence-corrected chi connectivity index (χ0v) is 13.4. The van der Waals surface area contributed by atoms with E-state index in [0.717, 1.165) is 0 Å². The molecule has 1 heterocycles. The van der Waals surface area contributed by atoms with Crippen LogP contribution in [0.2, 0.25) is 5.02 Å². The van der Waals surface area contributed by atoms with Crippen LogP contribution < -0.4 is 5.32 Å². The molecule has 9 heteroatoms. The first-order valence-corrected chi connectivity index (χ1v) is 7.46. The number of piperazine rings is 1. The number of benzene rings is 1. The Kier molecular flexibility index (Phi) is 5.51. The number of hydrogen-bond acceptors (Lipinski definition) is 5. The van der Waals surface area contributed by atoms with E-state index in [0.29, 0.717) is 26.2 Å². The molecule has 1 aromatic carbocycles. The van der Waals surface area contributed by atoms with Crippen LogP contribution in [0.4, 0.5) is 5.69 Å². The lowest BCUT2D eigenvalue weighted by atomic mass is 10.1. The van der Waals surface area contributed by atoms with E-state index in [1.54, 1.807) is 11.9 Å². The van der Waals surface area contributed by atoms with Gasteiger partial charge in [0.15, 0.2) is 0 Å². The number of halogens is 1. The van der Waals surface area contributed by atoms with Crippen molar-refractivity contribution < 1.29 is 14.5 Å². The van der Waals surface area contributed by atoms with Crippen molar-refractivity contribution in [3.05, 3.63) is 38.9 Å². The first-order valence-electron chi connectivity index (χ1n) is 7.08. The van der Waals surface area contributed by atoms with Gasteiger partial charge < -0.3 is 10.2 Å². The van der Waals surface area contributed by atoms with Crippen LogP contribution in [0.5, 0.6) is 0 Å². The van der Waals surface area contributed by atoms with Crippen LogP contribution in [-0.4, -0.2) is 66.3 Å². The number of nitro benzene ring substituents is 1. The molecule has 0 aliphatic carbocycles. The molecule has 1 aliphatic heterocycles. The van der Waals surface area contributed by atoms with E-state index in [1.165, 1.54) is 18.2 Å². The van der Waals surface area contributed by atoms with Gasteiger partial charge in [0.1, 0.15) is 5.56 Å². The molecule has 0 spiro atoms. The lowest BCUT2D eigenvalue weighted by molar-refractivity contribution is -0.385. The second kappa shape index (κ2) is 7.38. The minimum Gasteiger partial charge on any atom is -0.358 e. The molecule has 0 bridgehead atoms. The summed E-state index contributed by atoms with van der Waals surface area (Å²) in [5.74, 6) is -0.480. The Morgan fingerprint density at radius 3 is 2.52 bits per heavy atom. The Balaban J connectivity index is 2.06. The predicted molar refractivity (Wildman–Crippen MR) is 84.5 cm³/mol. The van der Waals surface area contributed by atoms with Crippen molar-refractivity contribution in [3.63, 3.8) is 0 Å². The summed E-state index contributed by atoms with van der Waals surface area (Å²) in [5.41, 5.74) is -0.269. The summed E-state index contributed by atoms with van der Waals surface area (Å²) in [6, 6.07) is 4.01. The number of likely N-dealkylation sites (N-methyl/N-ethyl adjacent to an activating group) is 1. The van der Waals surface area contributed by atoms with Crippen LogP contribution in [0.1, 0.15) is 10.4 Å². The van der Waals surface area contributed by atoms with Gasteiger partial charge >= 0.3 is 0 Å². The van der Waals surface area contributed by atoms with Crippen molar-refractivity contribution in [1.29, 1.82) is 0 Å². The number of hydrogen-bond donors (Lipinski definition) is 1. The second-order valence-electron chi connectivity index (χ2n) is 5.16. The van der Waals surface area contributed by atoms with Crippen molar-refractivity contribution in [2.45, 2.75) is 0 Å². The van der Waals surface area contributed by atoms with Gasteiger partial charge in [0.05, 0.1) is 11.5 Å². The van der Waals surface area contributed by atoms with Crippen molar-refractivity contribution in [3.8, 4) is 0 Å². The van der Waals surface area contributed by atoms with E-state index in [-0.39, 0.29) is 28.7 Å². The summed E-state index contributed by atoms with van der Waals surface area (Å²) in [6.07, 6.45) is 0. The molecule has 1 fully saturated rings. The Morgan fingerprint density at radius 1 is 1.30 bits per heavy atom. The molecule has 0 unspecified atom stereocenters. The molecular weight excluding hydrogens is 324 g/mol. The van der Waals surface area contributed by atoms with Crippen LogP contribution in [0.15, 0.2) is 18.2 Å². The molecule has 2 amide bonds. The monoisotopic (exact) mass is 340 g/mol. The molecule has 2 rings (SSSR count). The third-order valence-corrected chi connectivity index (χ3v) is 3.93. The first-order chi connectivity index (χ1) is 10.9. The highest BCUT2D eigenvalue weighted by Crippen LogP contribution is 2.24. The van der Waals surface area contributed by atoms with Gasteiger partial charge in [-0.2, -0.15) is 0 Å². The third kappa shape index (κ3) is 4.17. The molecular formula is C14H17ClN4O4. The Morgan fingerprint density at radius 2 is 1.96 bits per heavy atom. The van der Waals surface area contributed by atoms with Gasteiger partial charge in [0.2, 0.25) is 5.91 Å². The van der Waals surface area contributed by atoms with E-state index in [4.69, 9.17) is 11.6 Å². The predicted octanol–water partition coefficient (Wildman–Crippen LogP) is 0.752. The molecule has 1 saturated heterocycles. The maximum absolute atomic E-state index is 12.5. The van der Waals surface area contributed by atoms with Gasteiger partial charge in [-0.3, -0.25) is 24.6 Å². The first kappa shape index (κ1) is 17.2. The van der Waals surface area contributed by atoms with Gasteiger partial charge in [0, 0.05) is 44.3 Å². The van der Waals surface area contributed by atoms with Gasteiger partial charge in [0.25, 0.3) is 11.6 Å². The highest BCUT2D eigenvalue weighted by atomic mass is 35.5. The molecule has 124 valence electrons. The fourth-order valence-corrected chi connectivity index (χ4v) is 2.56. The molecule has 0 atom stereocenters. The summed E-state index contributed by atoms with van der Waals surface area (Å²) in [5, 5.41) is 13.9. The zero-order chi connectivity index (χ0) is 17.0. The van der Waals surface area contributed by atoms with Crippen LogP contribution in [0.3, 0.4) is 0 Å². The summed E-state index contributed by atoms with van der Waals surface area (Å²) in [7, 11) is 1.57. The topological polar surface area (TPSA) is 95.8 Å². The van der Waals surface area contributed by atoms with Crippen LogP contribution >= 0.6 is 11.6 Å². The van der Waals surface area contributed by atoms with E-state index < -0.39 is 10.8 Å². The van der Waals surface area contributed by atoms with Crippen LogP contribution in [-0.2, 0) is 4.79 Å². The maximum Gasteiger partial charge on any atom is 0.283 e. The highest BCUT2D eigenvalue weighted by Gasteiger charge is 2.28. The van der Waals surface area contributed by atoms with Gasteiger partial charge in [-0.15, -0.1) is 0 Å². The van der Waals surface area contributed by atoms with Gasteiger partial charge in [-0.1, -0.05) is 11.6 Å². The van der Waals surface area contributed by atoms with E-state index in [1.807, 2.05) is 4.90 Å². The molecule has 8 nitrogen and oxygen atoms in total. The lowest BCUT2D eigenvalue weighted by Gasteiger charge is -2.34. The standard InChI is InChI=1S/C14H17ClN4O4/c1-16-13(20)9-17-4-6-18(7-5-17)14(21)11-3-2-10(15)8-12(11)19(22)23/h2-3,8H,4-7,9H2,1H3,(H,16,20). The number of rotatable bonds is 4. The summed E-state index contributed by atoms with van der Waals surface area (Å²) < 4.78 is 0. The van der Waals surface area contributed by atoms with Crippen LogP contribution in [0, 0.1) is 10.1 Å². The zero-order valence-electron chi connectivity index (χ0n) is 12.6. The SMILES string of the molecule is CNC(=O)CN1CCN(C(=O)c2ccc(Cl)cc2[N+](=O)[O-])CC1. The minimum absolute atomic E-state index is 0.0270. The van der Waals surface area contributed by atoms with Gasteiger partial charge in [-0.05, 0) is 12.1 Å².